The first-order valence-electron chi connectivity index (χ1n) is 6.83. The van der Waals surface area contributed by atoms with E-state index in [9.17, 15) is 4.79 Å². The first kappa shape index (κ1) is 15.5. The Morgan fingerprint density at radius 3 is 2.67 bits per heavy atom. The van der Waals surface area contributed by atoms with E-state index in [-0.39, 0.29) is 11.3 Å². The fraction of sp³-hybridized carbons (Fsp3) is 0.375. The molecule has 2 heterocycles. The van der Waals surface area contributed by atoms with Gasteiger partial charge in [0.2, 0.25) is 0 Å². The number of amides is 1. The minimum Gasteiger partial charge on any atom is -0.384 e. The monoisotopic (exact) mass is 303 g/mol. The number of carbonyl (C=O) groups is 1. The van der Waals surface area contributed by atoms with Crippen LogP contribution in [0.25, 0.3) is 0 Å². The second-order valence-corrected chi connectivity index (χ2v) is 7.19. The molecular formula is C16H21N3OS. The summed E-state index contributed by atoms with van der Waals surface area (Å²) in [6, 6.07) is 7.49. The lowest BCUT2D eigenvalue weighted by molar-refractivity contribution is 0.0786. The van der Waals surface area contributed by atoms with Crippen molar-refractivity contribution < 1.29 is 4.79 Å². The molecule has 2 aromatic rings. The highest BCUT2D eigenvalue weighted by molar-refractivity contribution is 7.09. The molecule has 0 aliphatic rings. The molecule has 0 aliphatic carbocycles. The number of carbonyl (C=O) groups excluding carboxylic acids is 1. The molecule has 0 fully saturated rings. The molecule has 2 N–H and O–H groups in total. The maximum Gasteiger partial charge on any atom is 0.254 e. The molecule has 5 heteroatoms. The van der Waals surface area contributed by atoms with Crippen molar-refractivity contribution in [2.24, 2.45) is 0 Å². The first-order chi connectivity index (χ1) is 9.77. The molecule has 0 atom stereocenters. The Bertz CT molecular complexity index is 629. The van der Waals surface area contributed by atoms with E-state index in [0.717, 1.165) is 10.6 Å². The highest BCUT2D eigenvalue weighted by atomic mass is 32.1. The second-order valence-electron chi connectivity index (χ2n) is 6.16. The van der Waals surface area contributed by atoms with Crippen LogP contribution in [0.2, 0.25) is 0 Å². The Labute approximate surface area is 129 Å². The Balaban J connectivity index is 2.24. The van der Waals surface area contributed by atoms with Gasteiger partial charge in [0.1, 0.15) is 5.82 Å². The maximum absolute atomic E-state index is 12.5. The van der Waals surface area contributed by atoms with Crippen LogP contribution in [0.1, 0.15) is 41.7 Å². The first-order valence-corrected chi connectivity index (χ1v) is 7.71. The zero-order valence-electron chi connectivity index (χ0n) is 12.9. The van der Waals surface area contributed by atoms with Gasteiger partial charge in [0.15, 0.2) is 0 Å². The van der Waals surface area contributed by atoms with Gasteiger partial charge in [0.25, 0.3) is 5.91 Å². The van der Waals surface area contributed by atoms with Gasteiger partial charge in [-0.15, -0.1) is 11.3 Å². The van der Waals surface area contributed by atoms with Crippen molar-refractivity contribution in [1.82, 2.24) is 9.88 Å². The predicted octanol–water partition coefficient (Wildman–Crippen LogP) is 3.30. The van der Waals surface area contributed by atoms with Crippen LogP contribution in [0.15, 0.2) is 29.6 Å². The molecule has 2 rings (SSSR count). The molecule has 0 bridgehead atoms. The van der Waals surface area contributed by atoms with Crippen LogP contribution in [0.5, 0.6) is 0 Å². The van der Waals surface area contributed by atoms with Crippen LogP contribution in [0.4, 0.5) is 5.82 Å². The topological polar surface area (TPSA) is 59.2 Å². The molecular weight excluding hydrogens is 282 g/mol. The number of anilines is 1. The average molecular weight is 303 g/mol. The highest BCUT2D eigenvalue weighted by Gasteiger charge is 2.20. The lowest BCUT2D eigenvalue weighted by atomic mass is 9.90. The molecule has 0 aliphatic heterocycles. The van der Waals surface area contributed by atoms with Crippen molar-refractivity contribution in [2.45, 2.75) is 32.7 Å². The number of hydrogen-bond donors (Lipinski definition) is 1. The van der Waals surface area contributed by atoms with Crippen molar-refractivity contribution in [1.29, 1.82) is 0 Å². The molecule has 112 valence electrons. The zero-order chi connectivity index (χ0) is 15.6. The Hall–Kier alpha value is -1.88. The van der Waals surface area contributed by atoms with Gasteiger partial charge in [0.05, 0.1) is 6.54 Å². The van der Waals surface area contributed by atoms with Gasteiger partial charge in [0, 0.05) is 28.6 Å². The number of aromatic nitrogens is 1. The fourth-order valence-corrected chi connectivity index (χ4v) is 2.75. The van der Waals surface area contributed by atoms with Gasteiger partial charge >= 0.3 is 0 Å². The van der Waals surface area contributed by atoms with Gasteiger partial charge in [-0.25, -0.2) is 4.98 Å². The molecule has 0 aromatic carbocycles. The number of nitrogens with zero attached hydrogens (tertiary/aromatic N) is 2. The van der Waals surface area contributed by atoms with Crippen molar-refractivity contribution in [3.63, 3.8) is 0 Å². The SMILES string of the molecule is CN(Cc1cccs1)C(=O)c1cc(N)nc(C(C)(C)C)c1. The predicted molar refractivity (Wildman–Crippen MR) is 87.5 cm³/mol. The lowest BCUT2D eigenvalue weighted by Crippen LogP contribution is -2.27. The van der Waals surface area contributed by atoms with E-state index in [0.29, 0.717) is 17.9 Å². The van der Waals surface area contributed by atoms with E-state index in [2.05, 4.69) is 25.8 Å². The van der Waals surface area contributed by atoms with Gasteiger partial charge in [-0.05, 0) is 23.6 Å². The molecule has 4 nitrogen and oxygen atoms in total. The van der Waals surface area contributed by atoms with E-state index >= 15 is 0 Å². The molecule has 0 saturated carbocycles. The summed E-state index contributed by atoms with van der Waals surface area (Å²) < 4.78 is 0. The summed E-state index contributed by atoms with van der Waals surface area (Å²) in [4.78, 5) is 19.7. The van der Waals surface area contributed by atoms with Crippen LogP contribution < -0.4 is 5.73 Å². The normalized spacial score (nSPS) is 11.4. The minimum atomic E-state index is -0.142. The zero-order valence-corrected chi connectivity index (χ0v) is 13.7. The van der Waals surface area contributed by atoms with E-state index < -0.39 is 0 Å². The van der Waals surface area contributed by atoms with Crippen LogP contribution >= 0.6 is 11.3 Å². The third-order valence-electron chi connectivity index (χ3n) is 3.18. The number of hydrogen-bond acceptors (Lipinski definition) is 4. The van der Waals surface area contributed by atoms with Crippen LogP contribution in [-0.4, -0.2) is 22.8 Å². The summed E-state index contributed by atoms with van der Waals surface area (Å²) in [5.74, 6) is 0.346. The molecule has 2 aromatic heterocycles. The van der Waals surface area contributed by atoms with Gasteiger partial charge in [-0.3, -0.25) is 4.79 Å². The van der Waals surface area contributed by atoms with E-state index in [1.165, 1.54) is 0 Å². The minimum absolute atomic E-state index is 0.0389. The van der Waals surface area contributed by atoms with Crippen LogP contribution in [0, 0.1) is 0 Å². The van der Waals surface area contributed by atoms with Crippen molar-refractivity contribution >= 4 is 23.1 Å². The van der Waals surface area contributed by atoms with Crippen molar-refractivity contribution in [3.05, 3.63) is 45.8 Å². The third kappa shape index (κ3) is 3.82. The standard InChI is InChI=1S/C16H21N3OS/c1-16(2,3)13-8-11(9-14(17)18-13)15(20)19(4)10-12-6-5-7-21-12/h5-9H,10H2,1-4H3,(H2,17,18). The number of nitrogens with two attached hydrogens (primary N) is 1. The smallest absolute Gasteiger partial charge is 0.254 e. The Morgan fingerprint density at radius 2 is 2.10 bits per heavy atom. The number of thiophene rings is 1. The highest BCUT2D eigenvalue weighted by Crippen LogP contribution is 2.23. The van der Waals surface area contributed by atoms with Crippen molar-refractivity contribution in [3.8, 4) is 0 Å². The van der Waals surface area contributed by atoms with E-state index in [1.807, 2.05) is 23.6 Å². The summed E-state index contributed by atoms with van der Waals surface area (Å²) in [5, 5.41) is 2.01. The molecule has 0 saturated heterocycles. The molecule has 21 heavy (non-hydrogen) atoms. The fourth-order valence-electron chi connectivity index (χ4n) is 1.99. The number of nitrogen functional groups attached to an aromatic ring is 1. The third-order valence-corrected chi connectivity index (χ3v) is 4.04. The quantitative estimate of drug-likeness (QED) is 0.946. The second kappa shape index (κ2) is 5.85. The Kier molecular flexibility index (Phi) is 4.32. The summed E-state index contributed by atoms with van der Waals surface area (Å²) in [6.45, 7) is 6.76. The summed E-state index contributed by atoms with van der Waals surface area (Å²) >= 11 is 1.64. The molecule has 1 amide bonds. The molecule has 0 radical (unpaired) electrons. The average Bonchev–Trinajstić information content (AvgIpc) is 2.88. The maximum atomic E-state index is 12.5. The van der Waals surface area contributed by atoms with E-state index in [1.54, 1.807) is 29.4 Å². The van der Waals surface area contributed by atoms with Gasteiger partial charge in [-0.2, -0.15) is 0 Å². The number of rotatable bonds is 3. The van der Waals surface area contributed by atoms with Crippen LogP contribution in [0.3, 0.4) is 0 Å². The van der Waals surface area contributed by atoms with Crippen LogP contribution in [-0.2, 0) is 12.0 Å². The number of pyridine rings is 1. The Morgan fingerprint density at radius 1 is 1.38 bits per heavy atom. The summed E-state index contributed by atoms with van der Waals surface area (Å²) in [7, 11) is 1.80. The largest absolute Gasteiger partial charge is 0.384 e. The lowest BCUT2D eigenvalue weighted by Gasteiger charge is -2.21. The van der Waals surface area contributed by atoms with E-state index in [4.69, 9.17) is 5.73 Å². The van der Waals surface area contributed by atoms with Gasteiger partial charge in [-0.1, -0.05) is 26.8 Å². The summed E-state index contributed by atoms with van der Waals surface area (Å²) in [5.41, 5.74) is 7.13. The van der Waals surface area contributed by atoms with Crippen molar-refractivity contribution in [2.75, 3.05) is 12.8 Å². The molecule has 0 spiro atoms. The van der Waals surface area contributed by atoms with Gasteiger partial charge < -0.3 is 10.6 Å². The summed E-state index contributed by atoms with van der Waals surface area (Å²) in [6.07, 6.45) is 0. The molecule has 0 unspecified atom stereocenters.